The molecule has 0 heterocycles. The number of rotatable bonds is 6. The number of carbonyl (C=O) groups is 1. The lowest BCUT2D eigenvalue weighted by Crippen LogP contribution is -2.37. The topological polar surface area (TPSA) is 78.5 Å². The summed E-state index contributed by atoms with van der Waals surface area (Å²) in [5.74, 6) is -0.110. The van der Waals surface area contributed by atoms with E-state index in [9.17, 15) is 13.2 Å². The Morgan fingerprint density at radius 1 is 1.30 bits per heavy atom. The van der Waals surface area contributed by atoms with Crippen molar-refractivity contribution in [2.75, 3.05) is 25.5 Å². The maximum atomic E-state index is 12.0. The highest BCUT2D eigenvalue weighted by molar-refractivity contribution is 7.89. The first-order valence-electron chi connectivity index (χ1n) is 6.29. The van der Waals surface area contributed by atoms with Crippen molar-refractivity contribution in [3.8, 4) is 0 Å². The molecule has 2 N–H and O–H groups in total. The fraction of sp³-hybridized carbons (Fsp3) is 0.462. The third kappa shape index (κ3) is 4.29. The van der Waals surface area contributed by atoms with Gasteiger partial charge in [-0.25, -0.2) is 13.1 Å². The second-order valence-corrected chi connectivity index (χ2v) is 6.38. The molecule has 0 aromatic heterocycles. The van der Waals surface area contributed by atoms with E-state index in [2.05, 4.69) is 10.0 Å². The zero-order valence-electron chi connectivity index (χ0n) is 12.2. The highest BCUT2D eigenvalue weighted by Gasteiger charge is 2.15. The number of nitrogens with one attached hydrogen (secondary N) is 2. The fourth-order valence-corrected chi connectivity index (χ4v) is 2.58. The molecule has 0 aliphatic carbocycles. The molecular formula is C13H21N3O3S. The molecule has 20 heavy (non-hydrogen) atoms. The van der Waals surface area contributed by atoms with Crippen LogP contribution in [-0.4, -0.2) is 41.0 Å². The highest BCUT2D eigenvalue weighted by Crippen LogP contribution is 2.16. The van der Waals surface area contributed by atoms with Crippen LogP contribution in [0, 0.1) is 0 Å². The van der Waals surface area contributed by atoms with Gasteiger partial charge >= 0.3 is 0 Å². The van der Waals surface area contributed by atoms with E-state index in [1.165, 1.54) is 24.0 Å². The molecule has 1 atom stereocenters. The summed E-state index contributed by atoms with van der Waals surface area (Å²) < 4.78 is 26.6. The third-order valence-electron chi connectivity index (χ3n) is 3.08. The number of carbonyl (C=O) groups excluding carboxylic acids is 1. The van der Waals surface area contributed by atoms with Crippen molar-refractivity contribution in [1.29, 1.82) is 0 Å². The molecule has 1 rings (SSSR count). The van der Waals surface area contributed by atoms with Gasteiger partial charge in [0, 0.05) is 32.2 Å². The van der Waals surface area contributed by atoms with Gasteiger partial charge in [-0.1, -0.05) is 0 Å². The Bertz CT molecular complexity index is 555. The fourth-order valence-electron chi connectivity index (χ4n) is 1.45. The summed E-state index contributed by atoms with van der Waals surface area (Å²) in [5.41, 5.74) is 0.653. The Hall–Kier alpha value is -1.44. The van der Waals surface area contributed by atoms with E-state index < -0.39 is 10.0 Å². The van der Waals surface area contributed by atoms with Crippen LogP contribution in [0.4, 0.5) is 5.69 Å². The minimum Gasteiger partial charge on any atom is -0.316 e. The summed E-state index contributed by atoms with van der Waals surface area (Å²) >= 11 is 0. The van der Waals surface area contributed by atoms with Crippen molar-refractivity contribution < 1.29 is 13.2 Å². The van der Waals surface area contributed by atoms with E-state index in [-0.39, 0.29) is 16.8 Å². The number of sulfonamides is 1. The molecule has 112 valence electrons. The second-order valence-electron chi connectivity index (χ2n) is 4.61. The summed E-state index contributed by atoms with van der Waals surface area (Å²) in [6, 6.07) is 6.24. The van der Waals surface area contributed by atoms with E-state index in [0.29, 0.717) is 12.2 Å². The molecule has 6 nitrogen and oxygen atoms in total. The number of hydrogen-bond acceptors (Lipinski definition) is 4. The van der Waals surface area contributed by atoms with Crippen LogP contribution in [0.25, 0.3) is 0 Å². The van der Waals surface area contributed by atoms with Gasteiger partial charge in [0.1, 0.15) is 0 Å². The number of benzene rings is 1. The van der Waals surface area contributed by atoms with Gasteiger partial charge in [-0.15, -0.1) is 0 Å². The van der Waals surface area contributed by atoms with Gasteiger partial charge in [-0.05, 0) is 38.2 Å². The van der Waals surface area contributed by atoms with Gasteiger partial charge < -0.3 is 10.2 Å². The van der Waals surface area contributed by atoms with Crippen molar-refractivity contribution in [3.63, 3.8) is 0 Å². The van der Waals surface area contributed by atoms with Crippen LogP contribution in [0.2, 0.25) is 0 Å². The van der Waals surface area contributed by atoms with Gasteiger partial charge in [0.25, 0.3) is 0 Å². The lowest BCUT2D eigenvalue weighted by molar-refractivity contribution is -0.116. The maximum absolute atomic E-state index is 12.0. The number of amides is 1. The maximum Gasteiger partial charge on any atom is 0.240 e. The predicted molar refractivity (Wildman–Crippen MR) is 79.2 cm³/mol. The third-order valence-corrected chi connectivity index (χ3v) is 4.52. The molecule has 0 fully saturated rings. The van der Waals surface area contributed by atoms with Crippen molar-refractivity contribution in [2.45, 2.75) is 24.8 Å². The van der Waals surface area contributed by atoms with Gasteiger partial charge in [-0.2, -0.15) is 0 Å². The average Bonchev–Trinajstić information content (AvgIpc) is 2.44. The van der Waals surface area contributed by atoms with Crippen molar-refractivity contribution in [3.05, 3.63) is 24.3 Å². The summed E-state index contributed by atoms with van der Waals surface area (Å²) in [7, 11) is -0.115. The Balaban J connectivity index is 2.84. The summed E-state index contributed by atoms with van der Waals surface area (Å²) in [6.07, 6.45) is 0. The van der Waals surface area contributed by atoms with Crippen molar-refractivity contribution in [1.82, 2.24) is 10.0 Å². The molecule has 0 spiro atoms. The molecule has 0 aliphatic rings. The first kappa shape index (κ1) is 16.6. The molecule has 0 saturated carbocycles. The molecule has 1 unspecified atom stereocenters. The van der Waals surface area contributed by atoms with E-state index in [0.717, 1.165) is 0 Å². The number of nitrogens with zero attached hydrogens (tertiary/aromatic N) is 1. The lowest BCUT2D eigenvalue weighted by Gasteiger charge is -2.16. The van der Waals surface area contributed by atoms with E-state index >= 15 is 0 Å². The first-order chi connectivity index (χ1) is 9.27. The predicted octanol–water partition coefficient (Wildman–Crippen LogP) is 0.555. The van der Waals surface area contributed by atoms with Gasteiger partial charge in [0.15, 0.2) is 0 Å². The zero-order chi connectivity index (χ0) is 15.3. The zero-order valence-corrected chi connectivity index (χ0v) is 13.0. The Kier molecular flexibility index (Phi) is 5.67. The first-order valence-corrected chi connectivity index (χ1v) is 7.77. The number of likely N-dealkylation sites (N-methyl/N-ethyl adjacent to an activating group) is 1. The van der Waals surface area contributed by atoms with Crippen LogP contribution in [0.3, 0.4) is 0 Å². The molecule has 1 aromatic carbocycles. The van der Waals surface area contributed by atoms with Crippen molar-refractivity contribution >= 4 is 21.6 Å². The molecule has 0 saturated heterocycles. The molecule has 0 radical (unpaired) electrons. The molecule has 0 bridgehead atoms. The van der Waals surface area contributed by atoms with Crippen LogP contribution in [0.5, 0.6) is 0 Å². The highest BCUT2D eigenvalue weighted by atomic mass is 32.2. The van der Waals surface area contributed by atoms with Gasteiger partial charge in [-0.3, -0.25) is 4.79 Å². The van der Waals surface area contributed by atoms with E-state index in [1.807, 2.05) is 6.92 Å². The Labute approximate surface area is 120 Å². The Morgan fingerprint density at radius 2 is 1.85 bits per heavy atom. The lowest BCUT2D eigenvalue weighted by atomic mass is 10.3. The average molecular weight is 299 g/mol. The molecule has 1 aromatic rings. The summed E-state index contributed by atoms with van der Waals surface area (Å²) in [4.78, 5) is 12.9. The second kappa shape index (κ2) is 6.83. The van der Waals surface area contributed by atoms with Crippen molar-refractivity contribution in [2.24, 2.45) is 0 Å². The minimum absolute atomic E-state index is 0.0490. The molecule has 0 aliphatic heterocycles. The van der Waals surface area contributed by atoms with Gasteiger partial charge in [0.05, 0.1) is 4.90 Å². The van der Waals surface area contributed by atoms with Crippen LogP contribution < -0.4 is 14.9 Å². The van der Waals surface area contributed by atoms with Crippen LogP contribution in [-0.2, 0) is 14.8 Å². The van der Waals surface area contributed by atoms with E-state index in [1.54, 1.807) is 26.2 Å². The van der Waals surface area contributed by atoms with Crippen LogP contribution >= 0.6 is 0 Å². The monoisotopic (exact) mass is 299 g/mol. The summed E-state index contributed by atoms with van der Waals surface area (Å²) in [6.45, 7) is 3.65. The smallest absolute Gasteiger partial charge is 0.240 e. The molecule has 7 heteroatoms. The summed E-state index contributed by atoms with van der Waals surface area (Å²) in [5, 5.41) is 2.95. The quantitative estimate of drug-likeness (QED) is 0.804. The minimum atomic E-state index is -3.52. The van der Waals surface area contributed by atoms with Crippen LogP contribution in [0.1, 0.15) is 13.8 Å². The molecule has 1 amide bonds. The van der Waals surface area contributed by atoms with Crippen LogP contribution in [0.15, 0.2) is 29.2 Å². The number of anilines is 1. The standard InChI is InChI=1S/C13H21N3O3S/c1-10(14-3)9-15-20(18,19)13-7-5-12(6-8-13)16(4)11(2)17/h5-8,10,14-15H,9H2,1-4H3. The Morgan fingerprint density at radius 3 is 2.30 bits per heavy atom. The SMILES string of the molecule is CNC(C)CNS(=O)(=O)c1ccc(N(C)C(C)=O)cc1. The molecular weight excluding hydrogens is 278 g/mol. The van der Waals surface area contributed by atoms with E-state index in [4.69, 9.17) is 0 Å². The number of hydrogen-bond donors (Lipinski definition) is 2. The normalized spacial score (nSPS) is 13.0. The van der Waals surface area contributed by atoms with Gasteiger partial charge in [0.2, 0.25) is 15.9 Å². The largest absolute Gasteiger partial charge is 0.316 e.